The predicted octanol–water partition coefficient (Wildman–Crippen LogP) is 2.14. The molecular weight excluding hydrogens is 452 g/mol. The Morgan fingerprint density at radius 3 is 2.30 bits per heavy atom. The summed E-state index contributed by atoms with van der Waals surface area (Å²) in [5, 5.41) is 10.6. The third-order valence-electron chi connectivity index (χ3n) is 4.27. The van der Waals surface area contributed by atoms with Gasteiger partial charge in [-0.1, -0.05) is 12.1 Å². The van der Waals surface area contributed by atoms with Crippen molar-refractivity contribution in [1.82, 2.24) is 15.6 Å². The van der Waals surface area contributed by atoms with E-state index in [1.54, 1.807) is 12.1 Å². The van der Waals surface area contributed by atoms with Crippen molar-refractivity contribution < 1.29 is 27.3 Å². The lowest BCUT2D eigenvalue weighted by molar-refractivity contribution is -0.384. The van der Waals surface area contributed by atoms with Crippen molar-refractivity contribution in [2.75, 3.05) is 0 Å². The molecule has 1 heterocycles. The fourth-order valence-electron chi connectivity index (χ4n) is 2.56. The average Bonchev–Trinajstić information content (AvgIpc) is 3.34. The average molecular weight is 470 g/mol. The van der Waals surface area contributed by atoms with Crippen LogP contribution in [-0.2, 0) is 21.4 Å². The van der Waals surface area contributed by atoms with E-state index in [1.165, 1.54) is 60.9 Å². The molecule has 0 bridgehead atoms. The molecule has 0 aliphatic carbocycles. The summed E-state index contributed by atoms with van der Waals surface area (Å²) in [5.41, 5.74) is 4.88. The van der Waals surface area contributed by atoms with Crippen molar-refractivity contribution >= 4 is 33.6 Å². The van der Waals surface area contributed by atoms with Gasteiger partial charge in [0.2, 0.25) is 10.0 Å². The number of amides is 2. The van der Waals surface area contributed by atoms with E-state index >= 15 is 0 Å². The number of carbonyl (C=O) groups is 2. The Morgan fingerprint density at radius 2 is 1.70 bits per heavy atom. The molecule has 3 aromatic rings. The Kier molecular flexibility index (Phi) is 7.33. The quantitative estimate of drug-likeness (QED) is 0.258. The molecular formula is C21H18N4O7S. The highest BCUT2D eigenvalue weighted by atomic mass is 32.2. The van der Waals surface area contributed by atoms with Crippen LogP contribution in [0.25, 0.3) is 6.08 Å². The predicted molar refractivity (Wildman–Crippen MR) is 117 cm³/mol. The maximum absolute atomic E-state index is 12.3. The van der Waals surface area contributed by atoms with Gasteiger partial charge in [-0.25, -0.2) is 13.1 Å². The van der Waals surface area contributed by atoms with Gasteiger partial charge in [-0.3, -0.25) is 30.6 Å². The first-order valence-electron chi connectivity index (χ1n) is 9.39. The summed E-state index contributed by atoms with van der Waals surface area (Å²) in [4.78, 5) is 34.0. The molecule has 12 heteroatoms. The van der Waals surface area contributed by atoms with Gasteiger partial charge in [0.1, 0.15) is 5.76 Å². The number of nitro benzene ring substituents is 1. The number of non-ortho nitro benzene ring substituents is 1. The molecule has 1 aromatic heterocycles. The van der Waals surface area contributed by atoms with E-state index in [4.69, 9.17) is 4.42 Å². The number of benzene rings is 2. The van der Waals surface area contributed by atoms with Crippen LogP contribution in [0.4, 0.5) is 5.69 Å². The van der Waals surface area contributed by atoms with Crippen molar-refractivity contribution in [3.8, 4) is 0 Å². The molecule has 33 heavy (non-hydrogen) atoms. The second kappa shape index (κ2) is 10.3. The number of nitrogens with one attached hydrogen (secondary N) is 3. The zero-order valence-electron chi connectivity index (χ0n) is 16.9. The zero-order valence-corrected chi connectivity index (χ0v) is 17.7. The smallest absolute Gasteiger partial charge is 0.269 e. The monoisotopic (exact) mass is 470 g/mol. The minimum atomic E-state index is -3.73. The summed E-state index contributed by atoms with van der Waals surface area (Å²) >= 11 is 0. The van der Waals surface area contributed by atoms with Crippen molar-refractivity contribution in [3.05, 3.63) is 100 Å². The lowest BCUT2D eigenvalue weighted by Gasteiger charge is -2.06. The number of sulfonamides is 1. The van der Waals surface area contributed by atoms with Crippen LogP contribution in [0.3, 0.4) is 0 Å². The van der Waals surface area contributed by atoms with E-state index in [1.807, 2.05) is 0 Å². The summed E-state index contributed by atoms with van der Waals surface area (Å²) in [6.07, 6.45) is 4.02. The van der Waals surface area contributed by atoms with Crippen LogP contribution in [0, 0.1) is 10.1 Å². The highest BCUT2D eigenvalue weighted by Gasteiger charge is 2.14. The second-order valence-corrected chi connectivity index (χ2v) is 8.32. The molecule has 0 saturated heterocycles. The van der Waals surface area contributed by atoms with Gasteiger partial charge in [0.15, 0.2) is 0 Å². The van der Waals surface area contributed by atoms with Crippen molar-refractivity contribution in [1.29, 1.82) is 0 Å². The standard InChI is InChI=1S/C21H18N4O7S/c26-20(23-24-21(27)16-6-8-17(9-7-16)25(28)29)12-5-15-3-10-19(11-4-15)33(30,31)22-14-18-2-1-13-32-18/h1-13,22H,14H2,(H,23,26)(H,24,27)/b12-5+. The van der Waals surface area contributed by atoms with Gasteiger partial charge in [0.25, 0.3) is 17.5 Å². The molecule has 3 N–H and O–H groups in total. The van der Waals surface area contributed by atoms with E-state index in [0.29, 0.717) is 11.3 Å². The van der Waals surface area contributed by atoms with E-state index in [0.717, 1.165) is 6.08 Å². The van der Waals surface area contributed by atoms with E-state index < -0.39 is 26.8 Å². The Morgan fingerprint density at radius 1 is 1.00 bits per heavy atom. The van der Waals surface area contributed by atoms with Crippen molar-refractivity contribution in [3.63, 3.8) is 0 Å². The van der Waals surface area contributed by atoms with Crippen LogP contribution in [0.15, 0.2) is 82.3 Å². The molecule has 3 rings (SSSR count). The second-order valence-electron chi connectivity index (χ2n) is 6.55. The van der Waals surface area contributed by atoms with Gasteiger partial charge in [-0.2, -0.15) is 0 Å². The minimum absolute atomic E-state index is 0.0166. The zero-order chi connectivity index (χ0) is 23.8. The van der Waals surface area contributed by atoms with E-state index in [9.17, 15) is 28.1 Å². The van der Waals surface area contributed by atoms with Crippen molar-refractivity contribution in [2.24, 2.45) is 0 Å². The van der Waals surface area contributed by atoms with Gasteiger partial charge in [-0.05, 0) is 48.0 Å². The summed E-state index contributed by atoms with van der Waals surface area (Å²) in [7, 11) is -3.73. The molecule has 170 valence electrons. The molecule has 2 amide bonds. The molecule has 0 fully saturated rings. The van der Waals surface area contributed by atoms with Crippen LogP contribution in [0.5, 0.6) is 0 Å². The summed E-state index contributed by atoms with van der Waals surface area (Å²) in [5.74, 6) is -0.810. The molecule has 2 aromatic carbocycles. The number of hydrazine groups is 1. The first kappa shape index (κ1) is 23.4. The van der Waals surface area contributed by atoms with Crippen LogP contribution < -0.4 is 15.6 Å². The Labute approximate surface area is 188 Å². The number of hydrogen-bond acceptors (Lipinski definition) is 7. The Hall–Kier alpha value is -4.29. The fourth-order valence-corrected chi connectivity index (χ4v) is 3.55. The van der Waals surface area contributed by atoms with Crippen molar-refractivity contribution in [2.45, 2.75) is 11.4 Å². The highest BCUT2D eigenvalue weighted by molar-refractivity contribution is 7.89. The lowest BCUT2D eigenvalue weighted by atomic mass is 10.2. The third-order valence-corrected chi connectivity index (χ3v) is 5.69. The maximum Gasteiger partial charge on any atom is 0.269 e. The summed E-state index contributed by atoms with van der Waals surface area (Å²) < 4.78 is 32.1. The SMILES string of the molecule is O=C(/C=C/c1ccc(S(=O)(=O)NCc2ccco2)cc1)NNC(=O)c1ccc([N+](=O)[O-])cc1. The highest BCUT2D eigenvalue weighted by Crippen LogP contribution is 2.13. The normalized spacial score (nSPS) is 11.3. The molecule has 0 saturated carbocycles. The third kappa shape index (κ3) is 6.59. The summed E-state index contributed by atoms with van der Waals surface area (Å²) in [6.45, 7) is 0.0166. The Balaban J connectivity index is 1.51. The number of carbonyl (C=O) groups excluding carboxylic acids is 2. The Bertz CT molecular complexity index is 1270. The molecule has 0 aliphatic heterocycles. The number of nitrogens with zero attached hydrogens (tertiary/aromatic N) is 1. The molecule has 0 unspecified atom stereocenters. The van der Waals surface area contributed by atoms with Crippen LogP contribution >= 0.6 is 0 Å². The van der Waals surface area contributed by atoms with Crippen LogP contribution in [0.2, 0.25) is 0 Å². The van der Waals surface area contributed by atoms with E-state index in [2.05, 4.69) is 15.6 Å². The maximum atomic E-state index is 12.3. The van der Waals surface area contributed by atoms with Gasteiger partial charge in [0.05, 0.1) is 22.6 Å². The van der Waals surface area contributed by atoms with Crippen LogP contribution in [0.1, 0.15) is 21.7 Å². The van der Waals surface area contributed by atoms with Crippen LogP contribution in [-0.4, -0.2) is 25.2 Å². The summed E-state index contributed by atoms with van der Waals surface area (Å²) in [6, 6.07) is 14.0. The molecule has 0 spiro atoms. The topological polar surface area (TPSA) is 161 Å². The first-order valence-corrected chi connectivity index (χ1v) is 10.9. The molecule has 0 atom stereocenters. The largest absolute Gasteiger partial charge is 0.468 e. The van der Waals surface area contributed by atoms with Gasteiger partial charge in [-0.15, -0.1) is 0 Å². The number of hydrogen-bond donors (Lipinski definition) is 3. The fraction of sp³-hybridized carbons (Fsp3) is 0.0476. The lowest BCUT2D eigenvalue weighted by Crippen LogP contribution is -2.40. The molecule has 0 radical (unpaired) electrons. The van der Waals surface area contributed by atoms with E-state index in [-0.39, 0.29) is 22.7 Å². The minimum Gasteiger partial charge on any atom is -0.468 e. The number of nitro groups is 1. The number of rotatable bonds is 8. The van der Waals surface area contributed by atoms with Gasteiger partial charge in [0, 0.05) is 23.8 Å². The molecule has 11 nitrogen and oxygen atoms in total. The van der Waals surface area contributed by atoms with Gasteiger partial charge < -0.3 is 4.42 Å². The van der Waals surface area contributed by atoms with Gasteiger partial charge >= 0.3 is 0 Å². The number of furan rings is 1. The first-order chi connectivity index (χ1) is 15.7. The molecule has 0 aliphatic rings.